The molecular formula is C16H22ClN5O3S. The molecule has 5 N–H and O–H groups in total. The maximum absolute atomic E-state index is 12.4. The number of benzene rings is 1. The van der Waals surface area contributed by atoms with E-state index in [9.17, 15) is 13.2 Å². The number of nitrogens with zero attached hydrogens (tertiary/aromatic N) is 1. The summed E-state index contributed by atoms with van der Waals surface area (Å²) in [5, 5.41) is 6.16. The molecule has 2 rings (SSSR count). The Balaban J connectivity index is 2.08. The van der Waals surface area contributed by atoms with Gasteiger partial charge in [-0.25, -0.2) is 8.42 Å². The van der Waals surface area contributed by atoms with Crippen molar-refractivity contribution < 1.29 is 13.2 Å². The normalized spacial score (nSPS) is 16.6. The lowest BCUT2D eigenvalue weighted by atomic mass is 10.1. The molecule has 1 aromatic rings. The fourth-order valence-corrected chi connectivity index (χ4v) is 3.24. The van der Waals surface area contributed by atoms with E-state index in [-0.39, 0.29) is 22.3 Å². The van der Waals surface area contributed by atoms with Crippen molar-refractivity contribution in [3.63, 3.8) is 0 Å². The van der Waals surface area contributed by atoms with Crippen molar-refractivity contribution in [3.05, 3.63) is 35.0 Å². The minimum absolute atomic E-state index is 0.163. The number of hydrogen-bond donors (Lipinski definition) is 4. The van der Waals surface area contributed by atoms with Gasteiger partial charge >= 0.3 is 0 Å². The minimum atomic E-state index is -3.46. The van der Waals surface area contributed by atoms with Crippen LogP contribution in [0.15, 0.2) is 35.0 Å². The molecule has 1 fully saturated rings. The van der Waals surface area contributed by atoms with Crippen LogP contribution in [0.5, 0.6) is 0 Å². The molecule has 1 aromatic carbocycles. The molecular weight excluding hydrogens is 378 g/mol. The lowest BCUT2D eigenvalue weighted by Gasteiger charge is -2.18. The molecule has 26 heavy (non-hydrogen) atoms. The first-order valence-corrected chi connectivity index (χ1v) is 10.3. The van der Waals surface area contributed by atoms with E-state index < -0.39 is 15.9 Å². The number of hydrogen-bond acceptors (Lipinski definition) is 6. The maximum atomic E-state index is 12.4. The summed E-state index contributed by atoms with van der Waals surface area (Å²) in [6.45, 7) is 1.79. The molecule has 0 radical (unpaired) electrons. The molecule has 0 aliphatic carbocycles. The van der Waals surface area contributed by atoms with Crippen LogP contribution in [0.4, 0.5) is 11.4 Å². The third-order valence-electron chi connectivity index (χ3n) is 3.63. The van der Waals surface area contributed by atoms with Gasteiger partial charge in [-0.3, -0.25) is 14.5 Å². The highest BCUT2D eigenvalue weighted by Gasteiger charge is 2.13. The lowest BCUT2D eigenvalue weighted by molar-refractivity contribution is -0.112. The van der Waals surface area contributed by atoms with Crippen LogP contribution in [0, 0.1) is 0 Å². The number of carbonyl (C=O) groups is 1. The van der Waals surface area contributed by atoms with Crippen LogP contribution in [-0.2, 0) is 14.8 Å². The maximum Gasteiger partial charge on any atom is 0.258 e. The van der Waals surface area contributed by atoms with Crippen LogP contribution in [0.2, 0.25) is 5.02 Å². The molecule has 8 nitrogen and oxygen atoms in total. The number of anilines is 2. The first kappa shape index (κ1) is 20.2. The van der Waals surface area contributed by atoms with E-state index in [1.165, 1.54) is 30.6 Å². The largest absolute Gasteiger partial charge is 0.404 e. The zero-order valence-corrected chi connectivity index (χ0v) is 15.9. The number of rotatable bonds is 6. The van der Waals surface area contributed by atoms with Crippen LogP contribution in [0.1, 0.15) is 12.8 Å². The summed E-state index contributed by atoms with van der Waals surface area (Å²) < 4.78 is 25.0. The minimum Gasteiger partial charge on any atom is -0.404 e. The van der Waals surface area contributed by atoms with Gasteiger partial charge < -0.3 is 16.4 Å². The summed E-state index contributed by atoms with van der Waals surface area (Å²) in [7, 11) is -3.46. The van der Waals surface area contributed by atoms with E-state index in [0.29, 0.717) is 5.69 Å². The third kappa shape index (κ3) is 6.66. The van der Waals surface area contributed by atoms with E-state index >= 15 is 0 Å². The Labute approximate surface area is 157 Å². The molecule has 0 aromatic heterocycles. The highest BCUT2D eigenvalue weighted by molar-refractivity contribution is 7.92. The van der Waals surface area contributed by atoms with Crippen molar-refractivity contribution in [2.24, 2.45) is 10.7 Å². The lowest BCUT2D eigenvalue weighted by Crippen LogP contribution is -2.30. The zero-order chi connectivity index (χ0) is 19.2. The second kappa shape index (κ2) is 9.02. The Kier molecular flexibility index (Phi) is 7.01. The molecule has 1 heterocycles. The number of aliphatic imine (C=N–C) groups is 1. The van der Waals surface area contributed by atoms with Gasteiger partial charge in [0.05, 0.1) is 23.6 Å². The second-order valence-corrected chi connectivity index (χ2v) is 8.12. The molecule has 10 heteroatoms. The third-order valence-corrected chi connectivity index (χ3v) is 4.46. The quantitative estimate of drug-likeness (QED) is 0.424. The summed E-state index contributed by atoms with van der Waals surface area (Å²) >= 11 is 5.98. The molecule has 1 amide bonds. The summed E-state index contributed by atoms with van der Waals surface area (Å²) in [5.41, 5.74) is 6.33. The fourth-order valence-electron chi connectivity index (χ4n) is 2.46. The first-order valence-electron chi connectivity index (χ1n) is 8.02. The van der Waals surface area contributed by atoms with Crippen LogP contribution >= 0.6 is 11.6 Å². The molecule has 0 unspecified atom stereocenters. The van der Waals surface area contributed by atoms with Gasteiger partial charge in [-0.2, -0.15) is 0 Å². The number of amides is 1. The molecule has 142 valence electrons. The fraction of sp³-hybridized carbons (Fsp3) is 0.375. The number of carbonyl (C=O) groups excluding carboxylic acids is 1. The molecule has 0 spiro atoms. The monoisotopic (exact) mass is 399 g/mol. The van der Waals surface area contributed by atoms with Gasteiger partial charge in [0.15, 0.2) is 0 Å². The van der Waals surface area contributed by atoms with Crippen LogP contribution in [0.25, 0.3) is 0 Å². The average Bonchev–Trinajstić information content (AvgIpc) is 2.54. The number of halogens is 1. The first-order chi connectivity index (χ1) is 12.3. The molecule has 1 saturated heterocycles. The van der Waals surface area contributed by atoms with Crippen molar-refractivity contribution in [1.29, 1.82) is 0 Å². The topological polar surface area (TPSA) is 126 Å². The van der Waals surface area contributed by atoms with E-state index in [1.54, 1.807) is 0 Å². The molecule has 1 aliphatic rings. The predicted octanol–water partition coefficient (Wildman–Crippen LogP) is 1.32. The number of piperidine rings is 1. The number of nitrogens with two attached hydrogens (primary N) is 1. The van der Waals surface area contributed by atoms with Gasteiger partial charge in [-0.05, 0) is 44.1 Å². The van der Waals surface area contributed by atoms with E-state index in [0.717, 1.165) is 32.2 Å². The highest BCUT2D eigenvalue weighted by Crippen LogP contribution is 2.23. The number of sulfonamides is 1. The SMILES string of the molecule is CS(=O)(=O)Nc1cc(Cl)cc(NC(=O)/C(C=NC2CCNCC2)=C/N)c1. The Morgan fingerprint density at radius 3 is 2.58 bits per heavy atom. The molecule has 0 bridgehead atoms. The smallest absolute Gasteiger partial charge is 0.258 e. The van der Waals surface area contributed by atoms with Crippen molar-refractivity contribution >= 4 is 45.1 Å². The van der Waals surface area contributed by atoms with Gasteiger partial charge in [0.2, 0.25) is 10.0 Å². The average molecular weight is 400 g/mol. The number of nitrogens with one attached hydrogen (secondary N) is 3. The van der Waals surface area contributed by atoms with Crippen molar-refractivity contribution in [3.8, 4) is 0 Å². The van der Waals surface area contributed by atoms with E-state index in [2.05, 4.69) is 20.3 Å². The summed E-state index contributed by atoms with van der Waals surface area (Å²) in [4.78, 5) is 16.8. The molecule has 0 saturated carbocycles. The van der Waals surface area contributed by atoms with Gasteiger partial charge in [0.1, 0.15) is 0 Å². The Morgan fingerprint density at radius 1 is 1.31 bits per heavy atom. The summed E-state index contributed by atoms with van der Waals surface area (Å²) in [5.74, 6) is -0.460. The Hall–Kier alpha value is -2.10. The van der Waals surface area contributed by atoms with Gasteiger partial charge in [0, 0.05) is 23.1 Å². The summed E-state index contributed by atoms with van der Waals surface area (Å²) in [6.07, 6.45) is 5.49. The van der Waals surface area contributed by atoms with Gasteiger partial charge in [-0.1, -0.05) is 11.6 Å². The van der Waals surface area contributed by atoms with E-state index in [4.69, 9.17) is 17.3 Å². The van der Waals surface area contributed by atoms with Crippen molar-refractivity contribution in [2.75, 3.05) is 29.4 Å². The molecule has 0 atom stereocenters. The van der Waals surface area contributed by atoms with Crippen LogP contribution in [0.3, 0.4) is 0 Å². The Bertz CT molecular complexity index is 817. The second-order valence-electron chi connectivity index (χ2n) is 5.94. The van der Waals surface area contributed by atoms with Crippen LogP contribution in [-0.4, -0.2) is 45.9 Å². The summed E-state index contributed by atoms with van der Waals surface area (Å²) in [6, 6.07) is 4.57. The van der Waals surface area contributed by atoms with Crippen molar-refractivity contribution in [1.82, 2.24) is 5.32 Å². The zero-order valence-electron chi connectivity index (χ0n) is 14.3. The van der Waals surface area contributed by atoms with Gasteiger partial charge in [-0.15, -0.1) is 0 Å². The van der Waals surface area contributed by atoms with Gasteiger partial charge in [0.25, 0.3) is 5.91 Å². The van der Waals surface area contributed by atoms with E-state index in [1.807, 2.05) is 0 Å². The van der Waals surface area contributed by atoms with Crippen molar-refractivity contribution in [2.45, 2.75) is 18.9 Å². The van der Waals surface area contributed by atoms with Crippen LogP contribution < -0.4 is 21.1 Å². The predicted molar refractivity (Wildman–Crippen MR) is 105 cm³/mol. The standard InChI is InChI=1S/C16H22ClN5O3S/c1-26(24,25)22-15-7-12(17)6-14(8-15)21-16(23)11(9-18)10-20-13-2-4-19-5-3-13/h6-10,13,19,22H,2-5,18H2,1H3,(H,21,23)/b11-9+,20-10?. The highest BCUT2D eigenvalue weighted by atomic mass is 35.5. The molecule has 1 aliphatic heterocycles. The Morgan fingerprint density at radius 2 is 1.96 bits per heavy atom.